The van der Waals surface area contributed by atoms with Gasteiger partial charge in [0, 0.05) is 6.07 Å². The summed E-state index contributed by atoms with van der Waals surface area (Å²) in [5.41, 5.74) is 4.94. The van der Waals surface area contributed by atoms with Gasteiger partial charge in [0.2, 0.25) is 5.75 Å². The SMILES string of the molecule is Nc1cc(OC(F)(F)F)c(O)c(F)n1. The van der Waals surface area contributed by atoms with E-state index in [0.717, 1.165) is 0 Å². The molecule has 0 amide bonds. The zero-order valence-electron chi connectivity index (χ0n) is 6.47. The van der Waals surface area contributed by atoms with Crippen LogP contribution in [-0.4, -0.2) is 16.5 Å². The average Bonchev–Trinajstić information content (AvgIpc) is 1.96. The van der Waals surface area contributed by atoms with Gasteiger partial charge in [0.15, 0.2) is 5.75 Å². The quantitative estimate of drug-likeness (QED) is 0.545. The minimum Gasteiger partial charge on any atom is -0.501 e. The van der Waals surface area contributed by atoms with Gasteiger partial charge in [-0.25, -0.2) is 0 Å². The number of rotatable bonds is 1. The molecule has 4 nitrogen and oxygen atoms in total. The Kier molecular flexibility index (Phi) is 2.37. The van der Waals surface area contributed by atoms with E-state index in [1.807, 2.05) is 0 Å². The highest BCUT2D eigenvalue weighted by molar-refractivity contribution is 5.46. The number of alkyl halides is 3. The number of aromatic nitrogens is 1. The third-order valence-corrected chi connectivity index (χ3v) is 1.16. The molecule has 14 heavy (non-hydrogen) atoms. The van der Waals surface area contributed by atoms with Crippen molar-refractivity contribution in [2.45, 2.75) is 6.36 Å². The molecule has 1 aromatic heterocycles. The summed E-state index contributed by atoms with van der Waals surface area (Å²) in [5.74, 6) is -4.51. The molecule has 0 bridgehead atoms. The summed E-state index contributed by atoms with van der Waals surface area (Å²) < 4.78 is 50.8. The van der Waals surface area contributed by atoms with Crippen LogP contribution >= 0.6 is 0 Å². The summed E-state index contributed by atoms with van der Waals surface area (Å²) in [6.45, 7) is 0. The molecule has 0 aliphatic carbocycles. The lowest BCUT2D eigenvalue weighted by Crippen LogP contribution is -2.17. The Labute approximate surface area is 74.9 Å². The van der Waals surface area contributed by atoms with Crippen molar-refractivity contribution < 1.29 is 27.4 Å². The fourth-order valence-corrected chi connectivity index (χ4v) is 0.705. The molecule has 0 aliphatic rings. The van der Waals surface area contributed by atoms with E-state index in [0.29, 0.717) is 6.07 Å². The van der Waals surface area contributed by atoms with Crippen LogP contribution in [-0.2, 0) is 0 Å². The second-order valence-electron chi connectivity index (χ2n) is 2.23. The van der Waals surface area contributed by atoms with Gasteiger partial charge in [-0.3, -0.25) is 0 Å². The Balaban J connectivity index is 3.09. The zero-order chi connectivity index (χ0) is 10.9. The topological polar surface area (TPSA) is 68.4 Å². The second kappa shape index (κ2) is 3.20. The first-order chi connectivity index (χ1) is 6.29. The van der Waals surface area contributed by atoms with Crippen molar-refractivity contribution in [3.8, 4) is 11.5 Å². The van der Waals surface area contributed by atoms with E-state index in [1.54, 1.807) is 0 Å². The molecule has 3 N–H and O–H groups in total. The molecule has 0 aromatic carbocycles. The predicted molar refractivity (Wildman–Crippen MR) is 37.0 cm³/mol. The number of nitrogen functional groups attached to an aromatic ring is 1. The maximum Gasteiger partial charge on any atom is 0.573 e. The third-order valence-electron chi connectivity index (χ3n) is 1.16. The lowest BCUT2D eigenvalue weighted by molar-refractivity contribution is -0.275. The molecule has 0 atom stereocenters. The first kappa shape index (κ1) is 10.4. The van der Waals surface area contributed by atoms with Crippen LogP contribution in [0.4, 0.5) is 23.4 Å². The largest absolute Gasteiger partial charge is 0.573 e. The van der Waals surface area contributed by atoms with Crippen molar-refractivity contribution in [2.75, 3.05) is 5.73 Å². The summed E-state index contributed by atoms with van der Waals surface area (Å²) in [7, 11) is 0. The molecular weight excluding hydrogens is 208 g/mol. The van der Waals surface area contributed by atoms with E-state index in [-0.39, 0.29) is 0 Å². The van der Waals surface area contributed by atoms with Crippen LogP contribution in [0.15, 0.2) is 6.07 Å². The number of halogens is 4. The fourth-order valence-electron chi connectivity index (χ4n) is 0.705. The van der Waals surface area contributed by atoms with Gasteiger partial charge in [0.1, 0.15) is 5.82 Å². The van der Waals surface area contributed by atoms with E-state index in [1.165, 1.54) is 0 Å². The standard InChI is InChI=1S/C6H4F4N2O2/c7-5-4(13)2(1-3(11)12-5)14-6(8,9)10/h1,13H,(H2,11,12). The number of nitrogens with zero attached hydrogens (tertiary/aromatic N) is 1. The number of hydrogen-bond donors (Lipinski definition) is 2. The lowest BCUT2D eigenvalue weighted by Gasteiger charge is -2.10. The van der Waals surface area contributed by atoms with Crippen LogP contribution < -0.4 is 10.5 Å². The molecule has 1 heterocycles. The van der Waals surface area contributed by atoms with Crippen molar-refractivity contribution >= 4 is 5.82 Å². The number of ether oxygens (including phenoxy) is 1. The van der Waals surface area contributed by atoms with E-state index >= 15 is 0 Å². The van der Waals surface area contributed by atoms with Crippen LogP contribution in [0.1, 0.15) is 0 Å². The Hall–Kier alpha value is -1.73. The molecule has 0 saturated heterocycles. The van der Waals surface area contributed by atoms with Crippen molar-refractivity contribution in [3.63, 3.8) is 0 Å². The van der Waals surface area contributed by atoms with E-state index in [4.69, 9.17) is 10.8 Å². The first-order valence-corrected chi connectivity index (χ1v) is 3.20. The van der Waals surface area contributed by atoms with E-state index in [9.17, 15) is 17.6 Å². The van der Waals surface area contributed by atoms with Gasteiger partial charge in [0.05, 0.1) is 0 Å². The lowest BCUT2D eigenvalue weighted by atomic mass is 10.4. The van der Waals surface area contributed by atoms with Crippen molar-refractivity contribution in [1.82, 2.24) is 4.98 Å². The van der Waals surface area contributed by atoms with Gasteiger partial charge in [-0.05, 0) is 0 Å². The maximum absolute atomic E-state index is 12.5. The van der Waals surface area contributed by atoms with Crippen LogP contribution in [0.5, 0.6) is 11.5 Å². The van der Waals surface area contributed by atoms with Crippen LogP contribution in [0.25, 0.3) is 0 Å². The van der Waals surface area contributed by atoms with E-state index in [2.05, 4.69) is 9.72 Å². The van der Waals surface area contributed by atoms with Gasteiger partial charge in [0.25, 0.3) is 5.95 Å². The minimum atomic E-state index is -5.03. The van der Waals surface area contributed by atoms with Gasteiger partial charge >= 0.3 is 6.36 Å². The number of nitrogens with two attached hydrogens (primary N) is 1. The van der Waals surface area contributed by atoms with Crippen molar-refractivity contribution in [1.29, 1.82) is 0 Å². The highest BCUT2D eigenvalue weighted by atomic mass is 19.4. The second-order valence-corrected chi connectivity index (χ2v) is 2.23. The normalized spacial score (nSPS) is 11.4. The molecule has 1 aromatic rings. The molecule has 0 spiro atoms. The van der Waals surface area contributed by atoms with E-state index < -0.39 is 29.6 Å². The molecule has 1 rings (SSSR count). The molecular formula is C6H4F4N2O2. The fraction of sp³-hybridized carbons (Fsp3) is 0.167. The molecule has 0 radical (unpaired) electrons. The Bertz CT molecular complexity index is 352. The number of aromatic hydroxyl groups is 1. The zero-order valence-corrected chi connectivity index (χ0v) is 6.47. The summed E-state index contributed by atoms with van der Waals surface area (Å²) in [6, 6.07) is 0.561. The predicted octanol–water partition coefficient (Wildman–Crippen LogP) is 1.41. The molecule has 78 valence electrons. The van der Waals surface area contributed by atoms with Crippen molar-refractivity contribution in [2.24, 2.45) is 0 Å². The van der Waals surface area contributed by atoms with Crippen LogP contribution in [0, 0.1) is 5.95 Å². The maximum atomic E-state index is 12.5. The smallest absolute Gasteiger partial charge is 0.501 e. The first-order valence-electron chi connectivity index (χ1n) is 3.20. The van der Waals surface area contributed by atoms with Crippen LogP contribution in [0.2, 0.25) is 0 Å². The number of anilines is 1. The minimum absolute atomic E-state index is 0.528. The third kappa shape index (κ3) is 2.38. The van der Waals surface area contributed by atoms with Crippen LogP contribution in [0.3, 0.4) is 0 Å². The van der Waals surface area contributed by atoms with Gasteiger partial charge in [-0.1, -0.05) is 0 Å². The van der Waals surface area contributed by atoms with Gasteiger partial charge in [-0.2, -0.15) is 9.37 Å². The highest BCUT2D eigenvalue weighted by Crippen LogP contribution is 2.33. The molecule has 0 fully saturated rings. The van der Waals surface area contributed by atoms with Gasteiger partial charge in [-0.15, -0.1) is 13.2 Å². The Morgan fingerprint density at radius 1 is 1.43 bits per heavy atom. The number of hydrogen-bond acceptors (Lipinski definition) is 4. The Morgan fingerprint density at radius 3 is 2.50 bits per heavy atom. The summed E-state index contributed by atoms with van der Waals surface area (Å²) in [5, 5.41) is 8.77. The average molecular weight is 212 g/mol. The molecule has 0 unspecified atom stereocenters. The molecule has 0 saturated carbocycles. The summed E-state index contributed by atoms with van der Waals surface area (Å²) >= 11 is 0. The Morgan fingerprint density at radius 2 is 2.00 bits per heavy atom. The molecule has 8 heteroatoms. The highest BCUT2D eigenvalue weighted by Gasteiger charge is 2.33. The van der Waals surface area contributed by atoms with Crippen molar-refractivity contribution in [3.05, 3.63) is 12.0 Å². The van der Waals surface area contributed by atoms with Gasteiger partial charge < -0.3 is 15.6 Å². The monoisotopic (exact) mass is 212 g/mol. The summed E-state index contributed by atoms with van der Waals surface area (Å²) in [4.78, 5) is 2.88. The molecule has 0 aliphatic heterocycles. The number of pyridine rings is 1. The summed E-state index contributed by atoms with van der Waals surface area (Å²) in [6.07, 6.45) is -5.03.